The average molecular weight is 344 g/mol. The number of nitrogens with zero attached hydrogens (tertiary/aromatic N) is 2. The normalized spacial score (nSPS) is 23.1. The highest BCUT2D eigenvalue weighted by Gasteiger charge is 2.38. The summed E-state index contributed by atoms with van der Waals surface area (Å²) in [6.07, 6.45) is 3.92. The van der Waals surface area contributed by atoms with Crippen molar-refractivity contribution in [1.29, 1.82) is 0 Å². The lowest BCUT2D eigenvalue weighted by atomic mass is 10.00. The highest BCUT2D eigenvalue weighted by molar-refractivity contribution is 5.88. The van der Waals surface area contributed by atoms with E-state index in [-0.39, 0.29) is 23.9 Å². The van der Waals surface area contributed by atoms with E-state index in [4.69, 9.17) is 0 Å². The average Bonchev–Trinajstić information content (AvgIpc) is 3.26. The van der Waals surface area contributed by atoms with Gasteiger partial charge in [0.05, 0.1) is 6.10 Å². The molecule has 0 radical (unpaired) electrons. The fourth-order valence-corrected chi connectivity index (χ4v) is 4.16. The highest BCUT2D eigenvalue weighted by Crippen LogP contribution is 2.29. The Bertz CT molecular complexity index is 604. The standard InChI is InChI=1S/C20H28N2O3/c1-2-17(22-13-7-11-19(22)24)20(25)21-12-6-10-16(21)14-18(23)15-8-4-3-5-9-15/h3-5,8-9,16-18,23H,2,6-7,10-14H2,1H3. The van der Waals surface area contributed by atoms with Gasteiger partial charge >= 0.3 is 0 Å². The Labute approximate surface area is 149 Å². The SMILES string of the molecule is CCC(C(=O)N1CCCC1CC(O)c1ccccc1)N1CCCC1=O. The van der Waals surface area contributed by atoms with Crippen LogP contribution in [-0.4, -0.2) is 51.9 Å². The molecule has 1 aromatic rings. The molecule has 2 fully saturated rings. The summed E-state index contributed by atoms with van der Waals surface area (Å²) in [6, 6.07) is 9.32. The van der Waals surface area contributed by atoms with Crippen molar-refractivity contribution in [3.63, 3.8) is 0 Å². The molecule has 5 nitrogen and oxygen atoms in total. The number of hydrogen-bond donors (Lipinski definition) is 1. The Morgan fingerprint density at radius 1 is 1.24 bits per heavy atom. The maximum Gasteiger partial charge on any atom is 0.245 e. The van der Waals surface area contributed by atoms with Crippen molar-refractivity contribution in [3.05, 3.63) is 35.9 Å². The van der Waals surface area contributed by atoms with Gasteiger partial charge in [0, 0.05) is 25.6 Å². The molecule has 3 atom stereocenters. The van der Waals surface area contributed by atoms with Gasteiger partial charge in [0.2, 0.25) is 11.8 Å². The summed E-state index contributed by atoms with van der Waals surface area (Å²) >= 11 is 0. The third kappa shape index (κ3) is 3.87. The maximum absolute atomic E-state index is 13.1. The van der Waals surface area contributed by atoms with Gasteiger partial charge < -0.3 is 14.9 Å². The second kappa shape index (κ2) is 8.00. The zero-order valence-electron chi connectivity index (χ0n) is 14.9. The van der Waals surface area contributed by atoms with Gasteiger partial charge in [-0.05, 0) is 37.7 Å². The molecule has 136 valence electrons. The van der Waals surface area contributed by atoms with Crippen LogP contribution < -0.4 is 0 Å². The quantitative estimate of drug-likeness (QED) is 0.862. The van der Waals surface area contributed by atoms with Crippen molar-refractivity contribution in [3.8, 4) is 0 Å². The van der Waals surface area contributed by atoms with E-state index in [0.717, 1.165) is 31.4 Å². The molecule has 3 rings (SSSR count). The molecule has 0 aromatic heterocycles. The van der Waals surface area contributed by atoms with Crippen LogP contribution in [0.4, 0.5) is 0 Å². The van der Waals surface area contributed by atoms with Crippen LogP contribution in [0, 0.1) is 0 Å². The summed E-state index contributed by atoms with van der Waals surface area (Å²) in [6.45, 7) is 3.38. The number of benzene rings is 1. The van der Waals surface area contributed by atoms with Gasteiger partial charge in [-0.15, -0.1) is 0 Å². The molecule has 0 spiro atoms. The van der Waals surface area contributed by atoms with E-state index in [1.807, 2.05) is 42.2 Å². The number of aliphatic hydroxyl groups excluding tert-OH is 1. The summed E-state index contributed by atoms with van der Waals surface area (Å²) in [5.41, 5.74) is 0.892. The van der Waals surface area contributed by atoms with Crippen molar-refractivity contribution in [2.24, 2.45) is 0 Å². The van der Waals surface area contributed by atoms with E-state index in [1.165, 1.54) is 0 Å². The summed E-state index contributed by atoms with van der Waals surface area (Å²) in [5.74, 6) is 0.153. The Balaban J connectivity index is 1.67. The monoisotopic (exact) mass is 344 g/mol. The molecular weight excluding hydrogens is 316 g/mol. The molecule has 5 heteroatoms. The van der Waals surface area contributed by atoms with Crippen molar-refractivity contribution in [2.75, 3.05) is 13.1 Å². The predicted octanol–water partition coefficient (Wildman–Crippen LogP) is 2.50. The molecule has 0 saturated carbocycles. The van der Waals surface area contributed by atoms with Crippen molar-refractivity contribution < 1.29 is 14.7 Å². The van der Waals surface area contributed by atoms with Crippen LogP contribution in [0.2, 0.25) is 0 Å². The lowest BCUT2D eigenvalue weighted by Crippen LogP contribution is -2.50. The van der Waals surface area contributed by atoms with Gasteiger partial charge in [-0.25, -0.2) is 0 Å². The third-order valence-electron chi connectivity index (χ3n) is 5.50. The number of hydrogen-bond acceptors (Lipinski definition) is 3. The number of rotatable bonds is 6. The van der Waals surface area contributed by atoms with E-state index in [1.54, 1.807) is 4.90 Å². The largest absolute Gasteiger partial charge is 0.388 e. The van der Waals surface area contributed by atoms with Crippen LogP contribution in [0.3, 0.4) is 0 Å². The van der Waals surface area contributed by atoms with Gasteiger partial charge in [0.1, 0.15) is 6.04 Å². The molecule has 0 aliphatic carbocycles. The number of likely N-dealkylation sites (tertiary alicyclic amines) is 2. The molecule has 2 aliphatic heterocycles. The third-order valence-corrected chi connectivity index (χ3v) is 5.50. The van der Waals surface area contributed by atoms with Crippen LogP contribution in [0.5, 0.6) is 0 Å². The van der Waals surface area contributed by atoms with E-state index in [0.29, 0.717) is 25.8 Å². The van der Waals surface area contributed by atoms with E-state index in [2.05, 4.69) is 0 Å². The fourth-order valence-electron chi connectivity index (χ4n) is 4.16. The highest BCUT2D eigenvalue weighted by atomic mass is 16.3. The van der Waals surface area contributed by atoms with Gasteiger partial charge in [-0.1, -0.05) is 37.3 Å². The zero-order valence-corrected chi connectivity index (χ0v) is 14.9. The topological polar surface area (TPSA) is 60.9 Å². The lowest BCUT2D eigenvalue weighted by molar-refractivity contribution is -0.144. The second-order valence-corrected chi connectivity index (χ2v) is 7.10. The molecule has 2 aliphatic rings. The smallest absolute Gasteiger partial charge is 0.245 e. The van der Waals surface area contributed by atoms with E-state index in [9.17, 15) is 14.7 Å². The molecular formula is C20H28N2O3. The predicted molar refractivity (Wildman–Crippen MR) is 95.8 cm³/mol. The summed E-state index contributed by atoms with van der Waals surface area (Å²) in [5, 5.41) is 10.5. The van der Waals surface area contributed by atoms with Gasteiger partial charge in [-0.2, -0.15) is 0 Å². The molecule has 2 heterocycles. The molecule has 1 N–H and O–H groups in total. The molecule has 2 amide bonds. The van der Waals surface area contributed by atoms with Crippen molar-refractivity contribution >= 4 is 11.8 Å². The first-order valence-electron chi connectivity index (χ1n) is 9.44. The van der Waals surface area contributed by atoms with Crippen LogP contribution >= 0.6 is 0 Å². The lowest BCUT2D eigenvalue weighted by Gasteiger charge is -2.33. The second-order valence-electron chi connectivity index (χ2n) is 7.10. The molecule has 0 bridgehead atoms. The molecule has 1 aromatic carbocycles. The summed E-state index contributed by atoms with van der Waals surface area (Å²) < 4.78 is 0. The first-order chi connectivity index (χ1) is 12.1. The first-order valence-corrected chi connectivity index (χ1v) is 9.44. The summed E-state index contributed by atoms with van der Waals surface area (Å²) in [4.78, 5) is 28.8. The van der Waals surface area contributed by atoms with Gasteiger partial charge in [-0.3, -0.25) is 9.59 Å². The minimum absolute atomic E-state index is 0.0504. The zero-order chi connectivity index (χ0) is 17.8. The Kier molecular flexibility index (Phi) is 5.74. The maximum atomic E-state index is 13.1. The Morgan fingerprint density at radius 3 is 2.64 bits per heavy atom. The summed E-state index contributed by atoms with van der Waals surface area (Å²) in [7, 11) is 0. The minimum Gasteiger partial charge on any atom is -0.388 e. The molecule has 2 saturated heterocycles. The van der Waals surface area contributed by atoms with Crippen LogP contribution in [-0.2, 0) is 9.59 Å². The molecule has 3 unspecified atom stereocenters. The number of amides is 2. The van der Waals surface area contributed by atoms with Crippen LogP contribution in [0.25, 0.3) is 0 Å². The van der Waals surface area contributed by atoms with Crippen LogP contribution in [0.1, 0.15) is 57.1 Å². The van der Waals surface area contributed by atoms with E-state index >= 15 is 0 Å². The fraction of sp³-hybridized carbons (Fsp3) is 0.600. The van der Waals surface area contributed by atoms with Gasteiger partial charge in [0.25, 0.3) is 0 Å². The van der Waals surface area contributed by atoms with Crippen molar-refractivity contribution in [2.45, 2.75) is 63.6 Å². The number of aliphatic hydroxyl groups is 1. The Hall–Kier alpha value is -1.88. The number of carbonyl (C=O) groups is 2. The Morgan fingerprint density at radius 2 is 2.00 bits per heavy atom. The van der Waals surface area contributed by atoms with Gasteiger partial charge in [0.15, 0.2) is 0 Å². The number of carbonyl (C=O) groups excluding carboxylic acids is 2. The van der Waals surface area contributed by atoms with Crippen molar-refractivity contribution in [1.82, 2.24) is 9.80 Å². The van der Waals surface area contributed by atoms with E-state index < -0.39 is 6.10 Å². The first kappa shape index (κ1) is 17.9. The molecule has 25 heavy (non-hydrogen) atoms. The minimum atomic E-state index is -0.562. The van der Waals surface area contributed by atoms with Crippen LogP contribution in [0.15, 0.2) is 30.3 Å².